The Morgan fingerprint density at radius 3 is 2.69 bits per heavy atom. The second-order valence-electron chi connectivity index (χ2n) is 9.39. The van der Waals surface area contributed by atoms with Gasteiger partial charge in [-0.3, -0.25) is 9.59 Å². The molecule has 0 unspecified atom stereocenters. The first-order chi connectivity index (χ1) is 12.2. The second-order valence-corrected chi connectivity index (χ2v) is 9.39. The number of methoxy groups -OCH3 is 1. The topological polar surface area (TPSA) is 63.6 Å². The monoisotopic (exact) mass is 358 g/mol. The van der Waals surface area contributed by atoms with Crippen molar-refractivity contribution < 1.29 is 19.4 Å². The molecule has 0 aromatic rings. The Morgan fingerprint density at radius 1 is 1.31 bits per heavy atom. The van der Waals surface area contributed by atoms with Crippen LogP contribution in [0.5, 0.6) is 0 Å². The van der Waals surface area contributed by atoms with Crippen LogP contribution in [-0.4, -0.2) is 29.4 Å². The number of aliphatic hydroxyl groups is 1. The van der Waals surface area contributed by atoms with Gasteiger partial charge in [0.1, 0.15) is 11.4 Å². The molecule has 4 heteroatoms. The highest BCUT2D eigenvalue weighted by Crippen LogP contribution is 2.66. The summed E-state index contributed by atoms with van der Waals surface area (Å²) in [5.41, 5.74) is -0.890. The van der Waals surface area contributed by atoms with Crippen molar-refractivity contribution in [1.82, 2.24) is 0 Å². The van der Waals surface area contributed by atoms with Gasteiger partial charge in [-0.05, 0) is 56.1 Å². The molecule has 4 nitrogen and oxygen atoms in total. The van der Waals surface area contributed by atoms with E-state index in [1.54, 1.807) is 7.11 Å². The molecule has 4 aliphatic carbocycles. The number of fused-ring (bicyclic) bond motifs is 5. The molecular weight excluding hydrogens is 328 g/mol. The van der Waals surface area contributed by atoms with Gasteiger partial charge in [0.05, 0.1) is 12.9 Å². The van der Waals surface area contributed by atoms with Gasteiger partial charge in [0.2, 0.25) is 0 Å². The normalized spacial score (nSPS) is 47.3. The number of carbonyl (C=O) groups is 2. The molecule has 0 aromatic carbocycles. The van der Waals surface area contributed by atoms with E-state index >= 15 is 0 Å². The lowest BCUT2D eigenvalue weighted by atomic mass is 9.47. The summed E-state index contributed by atoms with van der Waals surface area (Å²) in [4.78, 5) is 25.7. The van der Waals surface area contributed by atoms with Gasteiger partial charge in [-0.2, -0.15) is 0 Å². The number of hydrogen-bond acceptors (Lipinski definition) is 4. The largest absolute Gasteiger partial charge is 0.501 e. The zero-order valence-corrected chi connectivity index (χ0v) is 16.3. The van der Waals surface area contributed by atoms with Crippen LogP contribution in [0.1, 0.15) is 59.3 Å². The zero-order chi connectivity index (χ0) is 18.9. The molecule has 0 aliphatic heterocycles. The summed E-state index contributed by atoms with van der Waals surface area (Å²) in [5, 5.41) is 11.2. The highest BCUT2D eigenvalue weighted by molar-refractivity contribution is 5.90. The molecule has 2 saturated carbocycles. The van der Waals surface area contributed by atoms with Crippen molar-refractivity contribution in [2.75, 3.05) is 7.11 Å². The number of rotatable bonds is 2. The Morgan fingerprint density at radius 2 is 2.04 bits per heavy atom. The number of ketones is 2. The highest BCUT2D eigenvalue weighted by Gasteiger charge is 2.67. The molecule has 2 fully saturated rings. The van der Waals surface area contributed by atoms with Crippen LogP contribution in [0.2, 0.25) is 0 Å². The number of hydrogen-bond donors (Lipinski definition) is 1. The lowest BCUT2D eigenvalue weighted by Crippen LogP contribution is -2.59. The van der Waals surface area contributed by atoms with Gasteiger partial charge in [-0.25, -0.2) is 0 Å². The Balaban J connectivity index is 1.77. The minimum atomic E-state index is -1.35. The Hall–Kier alpha value is -1.42. The molecule has 0 amide bonds. The van der Waals surface area contributed by atoms with Crippen molar-refractivity contribution >= 4 is 11.6 Å². The lowest BCUT2D eigenvalue weighted by Gasteiger charge is -2.56. The maximum Gasteiger partial charge on any atom is 0.161 e. The molecule has 6 atom stereocenters. The van der Waals surface area contributed by atoms with E-state index in [0.717, 1.165) is 31.4 Å². The Bertz CT molecular complexity index is 734. The molecule has 1 N–H and O–H groups in total. The average Bonchev–Trinajstić information content (AvgIpc) is 2.86. The number of carbonyl (C=O) groups excluding carboxylic acids is 2. The maximum atomic E-state index is 13.4. The summed E-state index contributed by atoms with van der Waals surface area (Å²) in [7, 11) is 1.71. The summed E-state index contributed by atoms with van der Waals surface area (Å²) in [6, 6.07) is 0. The third-order valence-electron chi connectivity index (χ3n) is 8.42. The highest BCUT2D eigenvalue weighted by atomic mass is 16.5. The van der Waals surface area contributed by atoms with Crippen LogP contribution in [0.15, 0.2) is 23.5 Å². The van der Waals surface area contributed by atoms with Gasteiger partial charge in [-0.15, -0.1) is 0 Å². The van der Waals surface area contributed by atoms with E-state index in [0.29, 0.717) is 12.8 Å². The second kappa shape index (κ2) is 5.54. The standard InChI is InChI=1S/C22H30O4/c1-13(23)22(25)10-8-17-16-6-5-14-11-15(26-4)7-9-20(14,2)19(16)18(24)12-21(17,22)3/h5,11,16-17,19,25H,6-10,12H2,1-4H3/t16-,17-,19+,20-,21-,22-/m0/s1. The summed E-state index contributed by atoms with van der Waals surface area (Å²) < 4.78 is 5.45. The summed E-state index contributed by atoms with van der Waals surface area (Å²) in [6.45, 7) is 5.68. The Kier molecular flexibility index (Phi) is 3.83. The van der Waals surface area contributed by atoms with Crippen molar-refractivity contribution in [2.24, 2.45) is 28.6 Å². The third-order valence-corrected chi connectivity index (χ3v) is 8.42. The van der Waals surface area contributed by atoms with Gasteiger partial charge in [0.15, 0.2) is 5.78 Å². The molecule has 4 aliphatic rings. The third kappa shape index (κ3) is 2.05. The van der Waals surface area contributed by atoms with Crippen molar-refractivity contribution in [1.29, 1.82) is 0 Å². The van der Waals surface area contributed by atoms with Crippen molar-refractivity contribution in [3.8, 4) is 0 Å². The van der Waals surface area contributed by atoms with Crippen LogP contribution in [0.4, 0.5) is 0 Å². The molecule has 0 spiro atoms. The molecule has 0 radical (unpaired) electrons. The van der Waals surface area contributed by atoms with Crippen molar-refractivity contribution in [2.45, 2.75) is 64.9 Å². The molecule has 142 valence electrons. The summed E-state index contributed by atoms with van der Waals surface area (Å²) >= 11 is 0. The summed E-state index contributed by atoms with van der Waals surface area (Å²) in [5.74, 6) is 1.48. The number of ether oxygens (including phenoxy) is 1. The van der Waals surface area contributed by atoms with Crippen LogP contribution >= 0.6 is 0 Å². The van der Waals surface area contributed by atoms with E-state index in [4.69, 9.17) is 4.74 Å². The number of allylic oxidation sites excluding steroid dienone is 4. The molecule has 0 heterocycles. The lowest BCUT2D eigenvalue weighted by molar-refractivity contribution is -0.165. The molecular formula is C22H30O4. The fourth-order valence-corrected chi connectivity index (χ4v) is 6.88. The van der Waals surface area contributed by atoms with E-state index in [9.17, 15) is 14.7 Å². The predicted octanol–water partition coefficient (Wildman–Crippen LogP) is 3.59. The minimum absolute atomic E-state index is 0.00969. The van der Waals surface area contributed by atoms with Gasteiger partial charge in [0.25, 0.3) is 0 Å². The van der Waals surface area contributed by atoms with Gasteiger partial charge < -0.3 is 9.84 Å². The van der Waals surface area contributed by atoms with Gasteiger partial charge >= 0.3 is 0 Å². The smallest absolute Gasteiger partial charge is 0.161 e. The van der Waals surface area contributed by atoms with Crippen molar-refractivity contribution in [3.05, 3.63) is 23.5 Å². The van der Waals surface area contributed by atoms with E-state index in [1.165, 1.54) is 12.5 Å². The zero-order valence-electron chi connectivity index (χ0n) is 16.3. The van der Waals surface area contributed by atoms with E-state index in [1.807, 2.05) is 6.92 Å². The number of Topliss-reactive ketones (excluding diaryl/α,β-unsaturated/α-hetero) is 2. The molecule has 4 rings (SSSR count). The molecule has 0 saturated heterocycles. The maximum absolute atomic E-state index is 13.4. The van der Waals surface area contributed by atoms with Crippen molar-refractivity contribution in [3.63, 3.8) is 0 Å². The first kappa shape index (κ1) is 18.0. The predicted molar refractivity (Wildman–Crippen MR) is 98.2 cm³/mol. The van der Waals surface area contributed by atoms with E-state index in [2.05, 4.69) is 19.1 Å². The quantitative estimate of drug-likeness (QED) is 0.819. The van der Waals surface area contributed by atoms with Crippen LogP contribution in [0, 0.1) is 28.6 Å². The van der Waals surface area contributed by atoms with Crippen LogP contribution in [-0.2, 0) is 14.3 Å². The van der Waals surface area contributed by atoms with Gasteiger partial charge in [0, 0.05) is 29.6 Å². The van der Waals surface area contributed by atoms with Crippen LogP contribution in [0.25, 0.3) is 0 Å². The van der Waals surface area contributed by atoms with E-state index in [-0.39, 0.29) is 34.7 Å². The molecule has 0 bridgehead atoms. The minimum Gasteiger partial charge on any atom is -0.501 e. The first-order valence-electron chi connectivity index (χ1n) is 9.89. The van der Waals surface area contributed by atoms with Crippen LogP contribution < -0.4 is 0 Å². The first-order valence-corrected chi connectivity index (χ1v) is 9.89. The molecule has 26 heavy (non-hydrogen) atoms. The van der Waals surface area contributed by atoms with E-state index < -0.39 is 11.0 Å². The fourth-order valence-electron chi connectivity index (χ4n) is 6.88. The fraction of sp³-hybridized carbons (Fsp3) is 0.727. The molecule has 0 aromatic heterocycles. The van der Waals surface area contributed by atoms with Crippen LogP contribution in [0.3, 0.4) is 0 Å². The SMILES string of the molecule is COC1=CC2=CC[C@@H]3[C@H](C(=O)C[C@@]4(C)[C@H]3CC[C@]4(O)C(C)=O)[C@@]2(C)CC1. The Labute approximate surface area is 155 Å². The average molecular weight is 358 g/mol. The van der Waals surface area contributed by atoms with Gasteiger partial charge in [-0.1, -0.05) is 19.9 Å². The summed E-state index contributed by atoms with van der Waals surface area (Å²) in [6.07, 6.45) is 8.68.